The van der Waals surface area contributed by atoms with Crippen LogP contribution in [0.25, 0.3) is 0 Å². The van der Waals surface area contributed by atoms with E-state index in [1.807, 2.05) is 11.8 Å². The average molecular weight is 214 g/mol. The topological polar surface area (TPSA) is 62.4 Å². The number of rotatable bonds is 2. The molecule has 1 heterocycles. The molecule has 0 amide bonds. The summed E-state index contributed by atoms with van der Waals surface area (Å²) in [5.74, 6) is 7.41. The van der Waals surface area contributed by atoms with Gasteiger partial charge in [-0.05, 0) is 25.0 Å². The first-order chi connectivity index (χ1) is 6.79. The molecule has 2 aliphatic rings. The molecule has 14 heavy (non-hydrogen) atoms. The highest BCUT2D eigenvalue weighted by Gasteiger charge is 2.26. The SMILES string of the molecule is CC1SCCC1N=C(NN)NC1CC1. The predicted molar refractivity (Wildman–Crippen MR) is 61.2 cm³/mol. The lowest BCUT2D eigenvalue weighted by molar-refractivity contribution is 0.663. The summed E-state index contributed by atoms with van der Waals surface area (Å²) in [4.78, 5) is 4.60. The van der Waals surface area contributed by atoms with Crippen molar-refractivity contribution in [2.24, 2.45) is 10.8 Å². The zero-order valence-corrected chi connectivity index (χ0v) is 9.31. The summed E-state index contributed by atoms with van der Waals surface area (Å²) in [5.41, 5.74) is 2.65. The van der Waals surface area contributed by atoms with E-state index in [0.29, 0.717) is 17.3 Å². The molecule has 2 fully saturated rings. The van der Waals surface area contributed by atoms with Gasteiger partial charge in [-0.2, -0.15) is 11.8 Å². The van der Waals surface area contributed by atoms with E-state index in [-0.39, 0.29) is 0 Å². The minimum absolute atomic E-state index is 0.428. The van der Waals surface area contributed by atoms with Gasteiger partial charge in [-0.3, -0.25) is 5.43 Å². The molecule has 1 aliphatic carbocycles. The predicted octanol–water partition coefficient (Wildman–Crippen LogP) is 0.452. The quantitative estimate of drug-likeness (QED) is 0.270. The van der Waals surface area contributed by atoms with Crippen LogP contribution in [0.3, 0.4) is 0 Å². The number of nitrogens with one attached hydrogen (secondary N) is 2. The summed E-state index contributed by atoms with van der Waals surface area (Å²) in [5, 5.41) is 3.92. The molecular formula is C9H18N4S. The fraction of sp³-hybridized carbons (Fsp3) is 0.889. The summed E-state index contributed by atoms with van der Waals surface area (Å²) >= 11 is 1.99. The van der Waals surface area contributed by atoms with Crippen molar-refractivity contribution < 1.29 is 0 Å². The Hall–Kier alpha value is -0.420. The molecule has 5 heteroatoms. The molecule has 1 saturated heterocycles. The van der Waals surface area contributed by atoms with Gasteiger partial charge < -0.3 is 5.32 Å². The maximum absolute atomic E-state index is 5.42. The zero-order valence-electron chi connectivity index (χ0n) is 8.49. The van der Waals surface area contributed by atoms with E-state index >= 15 is 0 Å². The van der Waals surface area contributed by atoms with Crippen molar-refractivity contribution in [3.05, 3.63) is 0 Å². The zero-order chi connectivity index (χ0) is 9.97. The summed E-state index contributed by atoms with van der Waals surface area (Å²) in [6.45, 7) is 2.23. The number of nitrogens with zero attached hydrogens (tertiary/aromatic N) is 1. The van der Waals surface area contributed by atoms with Gasteiger partial charge in [0.2, 0.25) is 5.96 Å². The van der Waals surface area contributed by atoms with Crippen LogP contribution in [0.5, 0.6) is 0 Å². The maximum atomic E-state index is 5.42. The molecule has 80 valence electrons. The van der Waals surface area contributed by atoms with Gasteiger partial charge in [-0.15, -0.1) is 0 Å². The van der Waals surface area contributed by atoms with E-state index < -0.39 is 0 Å². The Morgan fingerprint density at radius 3 is 2.71 bits per heavy atom. The van der Waals surface area contributed by atoms with Crippen LogP contribution in [0.4, 0.5) is 0 Å². The van der Waals surface area contributed by atoms with Crippen molar-refractivity contribution in [2.75, 3.05) is 5.75 Å². The second kappa shape index (κ2) is 4.40. The largest absolute Gasteiger partial charge is 0.353 e. The number of guanidine groups is 1. The molecule has 0 aromatic rings. The van der Waals surface area contributed by atoms with Crippen LogP contribution in [0, 0.1) is 0 Å². The maximum Gasteiger partial charge on any atom is 0.206 e. The number of aliphatic imine (C=N–C) groups is 1. The Bertz CT molecular complexity index is 227. The minimum Gasteiger partial charge on any atom is -0.353 e. The van der Waals surface area contributed by atoms with Crippen molar-refractivity contribution in [2.45, 2.75) is 43.5 Å². The second-order valence-corrected chi connectivity index (χ2v) is 5.46. The van der Waals surface area contributed by atoms with Crippen LogP contribution in [-0.4, -0.2) is 29.0 Å². The normalized spacial score (nSPS) is 33.1. The van der Waals surface area contributed by atoms with Crippen molar-refractivity contribution >= 4 is 17.7 Å². The van der Waals surface area contributed by atoms with Crippen LogP contribution in [0.15, 0.2) is 4.99 Å². The number of hydrogen-bond donors (Lipinski definition) is 3. The van der Waals surface area contributed by atoms with Crippen molar-refractivity contribution in [1.29, 1.82) is 0 Å². The molecule has 0 bridgehead atoms. The summed E-state index contributed by atoms with van der Waals surface area (Å²) in [6, 6.07) is 1.03. The van der Waals surface area contributed by atoms with Crippen LogP contribution in [0.2, 0.25) is 0 Å². The highest BCUT2D eigenvalue weighted by Crippen LogP contribution is 2.28. The van der Waals surface area contributed by atoms with E-state index in [0.717, 1.165) is 5.96 Å². The summed E-state index contributed by atoms with van der Waals surface area (Å²) in [6.07, 6.45) is 3.66. The smallest absolute Gasteiger partial charge is 0.206 e. The highest BCUT2D eigenvalue weighted by atomic mass is 32.2. The average Bonchev–Trinajstić information content (AvgIpc) is 2.90. The van der Waals surface area contributed by atoms with Gasteiger partial charge in [0.1, 0.15) is 0 Å². The van der Waals surface area contributed by atoms with Gasteiger partial charge in [0.25, 0.3) is 0 Å². The van der Waals surface area contributed by atoms with E-state index in [9.17, 15) is 0 Å². The Balaban J connectivity index is 1.90. The number of nitrogens with two attached hydrogens (primary N) is 1. The third-order valence-corrected chi connectivity index (χ3v) is 4.00. The minimum atomic E-state index is 0.428. The third-order valence-electron chi connectivity index (χ3n) is 2.69. The lowest BCUT2D eigenvalue weighted by Gasteiger charge is -2.13. The van der Waals surface area contributed by atoms with E-state index in [2.05, 4.69) is 22.7 Å². The first-order valence-electron chi connectivity index (χ1n) is 5.22. The molecule has 0 radical (unpaired) electrons. The molecule has 2 atom stereocenters. The molecule has 2 rings (SSSR count). The van der Waals surface area contributed by atoms with Crippen LogP contribution in [-0.2, 0) is 0 Å². The molecule has 4 nitrogen and oxygen atoms in total. The van der Waals surface area contributed by atoms with Gasteiger partial charge in [-0.1, -0.05) is 6.92 Å². The van der Waals surface area contributed by atoms with Gasteiger partial charge in [-0.25, -0.2) is 10.8 Å². The number of hydrogen-bond acceptors (Lipinski definition) is 3. The third kappa shape index (κ3) is 2.54. The van der Waals surface area contributed by atoms with Gasteiger partial charge >= 0.3 is 0 Å². The second-order valence-electron chi connectivity index (χ2n) is 3.97. The number of thioether (sulfide) groups is 1. The van der Waals surface area contributed by atoms with Crippen molar-refractivity contribution in [3.63, 3.8) is 0 Å². The Kier molecular flexibility index (Phi) is 3.18. The van der Waals surface area contributed by atoms with Crippen molar-refractivity contribution in [3.8, 4) is 0 Å². The molecular weight excluding hydrogens is 196 g/mol. The molecule has 1 saturated carbocycles. The van der Waals surface area contributed by atoms with Crippen molar-refractivity contribution in [1.82, 2.24) is 10.7 Å². The van der Waals surface area contributed by atoms with Crippen LogP contribution >= 0.6 is 11.8 Å². The summed E-state index contributed by atoms with van der Waals surface area (Å²) in [7, 11) is 0. The van der Waals surface area contributed by atoms with Crippen LogP contribution in [0.1, 0.15) is 26.2 Å². The van der Waals surface area contributed by atoms with Crippen LogP contribution < -0.4 is 16.6 Å². The standard InChI is InChI=1S/C9H18N4S/c1-6-8(4-5-14-6)12-9(13-10)11-7-2-3-7/h6-8H,2-5,10H2,1H3,(H2,11,12,13). The first kappa shape index (κ1) is 10.1. The summed E-state index contributed by atoms with van der Waals surface area (Å²) < 4.78 is 0. The van der Waals surface area contributed by atoms with E-state index in [1.165, 1.54) is 25.0 Å². The Morgan fingerprint density at radius 1 is 1.43 bits per heavy atom. The lowest BCUT2D eigenvalue weighted by atomic mass is 10.2. The number of hydrazine groups is 1. The molecule has 0 spiro atoms. The fourth-order valence-electron chi connectivity index (χ4n) is 1.59. The van der Waals surface area contributed by atoms with Gasteiger partial charge in [0.15, 0.2) is 0 Å². The molecule has 4 N–H and O–H groups in total. The molecule has 2 unspecified atom stereocenters. The van der Waals surface area contributed by atoms with Gasteiger partial charge in [0, 0.05) is 11.3 Å². The first-order valence-corrected chi connectivity index (χ1v) is 6.27. The lowest BCUT2D eigenvalue weighted by Crippen LogP contribution is -2.43. The Morgan fingerprint density at radius 2 is 2.21 bits per heavy atom. The highest BCUT2D eigenvalue weighted by molar-refractivity contribution is 8.00. The molecule has 1 aliphatic heterocycles. The Labute approximate surface area is 89.1 Å². The van der Waals surface area contributed by atoms with E-state index in [1.54, 1.807) is 0 Å². The molecule has 0 aromatic heterocycles. The molecule has 0 aromatic carbocycles. The van der Waals surface area contributed by atoms with E-state index in [4.69, 9.17) is 5.84 Å². The monoisotopic (exact) mass is 214 g/mol. The fourth-order valence-corrected chi connectivity index (χ4v) is 2.76. The van der Waals surface area contributed by atoms with Gasteiger partial charge in [0.05, 0.1) is 6.04 Å².